The molecule has 3 aromatic rings. The number of benzene rings is 2. The lowest BCUT2D eigenvalue weighted by Gasteiger charge is -2.11. The quantitative estimate of drug-likeness (QED) is 0.546. The van der Waals surface area contributed by atoms with Crippen molar-refractivity contribution in [3.63, 3.8) is 0 Å². The molecule has 0 aliphatic heterocycles. The lowest BCUT2D eigenvalue weighted by molar-refractivity contribution is 0.975. The van der Waals surface area contributed by atoms with Crippen LogP contribution in [0.15, 0.2) is 40.9 Å². The zero-order valence-corrected chi connectivity index (χ0v) is 13.8. The van der Waals surface area contributed by atoms with Crippen molar-refractivity contribution in [2.45, 2.75) is 12.8 Å². The molecule has 0 aliphatic carbocycles. The van der Waals surface area contributed by atoms with Gasteiger partial charge in [0.2, 0.25) is 0 Å². The Balaban J connectivity index is 2.37. The molecule has 0 N–H and O–H groups in total. The summed E-state index contributed by atoms with van der Waals surface area (Å²) in [6.45, 7) is 2.06. The summed E-state index contributed by atoms with van der Waals surface area (Å²) in [6, 6.07) is 11.9. The van der Waals surface area contributed by atoms with Gasteiger partial charge < -0.3 is 0 Å². The van der Waals surface area contributed by atoms with Crippen LogP contribution < -0.4 is 0 Å². The first-order valence-electron chi connectivity index (χ1n) is 6.09. The van der Waals surface area contributed by atoms with Crippen LogP contribution in [0.25, 0.3) is 16.7 Å². The summed E-state index contributed by atoms with van der Waals surface area (Å²) in [6.07, 6.45) is 0. The predicted molar refractivity (Wildman–Crippen MR) is 88.1 cm³/mol. The molecule has 1 aromatic heterocycles. The molecule has 0 amide bonds. The maximum absolute atomic E-state index is 6.05. The van der Waals surface area contributed by atoms with Crippen LogP contribution in [0.4, 0.5) is 0 Å². The fourth-order valence-electron chi connectivity index (χ4n) is 2.26. The summed E-state index contributed by atoms with van der Waals surface area (Å²) in [4.78, 5) is 4.56. The van der Waals surface area contributed by atoms with Crippen LogP contribution >= 0.6 is 39.1 Å². The summed E-state index contributed by atoms with van der Waals surface area (Å²) in [5, 5.41) is 0.673. The van der Waals surface area contributed by atoms with E-state index in [1.54, 1.807) is 0 Å². The lowest BCUT2D eigenvalue weighted by Crippen LogP contribution is -2.00. The minimum Gasteiger partial charge on any atom is -0.294 e. The molecule has 102 valence electrons. The van der Waals surface area contributed by atoms with E-state index in [2.05, 4.69) is 44.5 Å². The molecule has 0 bridgehead atoms. The van der Waals surface area contributed by atoms with E-state index in [4.69, 9.17) is 23.2 Å². The van der Waals surface area contributed by atoms with Gasteiger partial charge in [-0.15, -0.1) is 11.6 Å². The first-order valence-corrected chi connectivity index (χ1v) is 7.80. The molecule has 0 atom stereocenters. The topological polar surface area (TPSA) is 17.8 Å². The number of aryl methyl sites for hydroxylation is 1. The van der Waals surface area contributed by atoms with Gasteiger partial charge in [0.05, 0.1) is 22.6 Å². The van der Waals surface area contributed by atoms with Gasteiger partial charge in [0, 0.05) is 9.50 Å². The second kappa shape index (κ2) is 5.40. The van der Waals surface area contributed by atoms with E-state index < -0.39 is 0 Å². The van der Waals surface area contributed by atoms with E-state index >= 15 is 0 Å². The zero-order chi connectivity index (χ0) is 14.3. The summed E-state index contributed by atoms with van der Waals surface area (Å²) in [5.74, 6) is 1.14. The standard InChI is InChI=1S/C15H11BrCl2N2/c1-9-2-4-11(16)14(6-9)20-13-5-3-10(18)7-12(13)19-15(20)8-17/h2-7H,8H2,1H3. The second-order valence-corrected chi connectivity index (χ2v) is 6.14. The van der Waals surface area contributed by atoms with Gasteiger partial charge in [-0.2, -0.15) is 0 Å². The van der Waals surface area contributed by atoms with Crippen molar-refractivity contribution in [3.05, 3.63) is 57.3 Å². The molecule has 0 aliphatic rings. The highest BCUT2D eigenvalue weighted by Gasteiger charge is 2.14. The Morgan fingerprint density at radius 3 is 2.75 bits per heavy atom. The molecule has 2 nitrogen and oxygen atoms in total. The number of hydrogen-bond acceptors (Lipinski definition) is 1. The summed E-state index contributed by atoms with van der Waals surface area (Å²) in [5.41, 5.74) is 4.06. The highest BCUT2D eigenvalue weighted by Crippen LogP contribution is 2.29. The van der Waals surface area contributed by atoms with Gasteiger partial charge >= 0.3 is 0 Å². The molecule has 5 heteroatoms. The Hall–Kier alpha value is -1.03. The molecule has 2 aromatic carbocycles. The molecule has 20 heavy (non-hydrogen) atoms. The first-order chi connectivity index (χ1) is 9.60. The van der Waals surface area contributed by atoms with Gasteiger partial charge in [-0.1, -0.05) is 17.7 Å². The Labute approximate surface area is 135 Å². The highest BCUT2D eigenvalue weighted by molar-refractivity contribution is 9.10. The van der Waals surface area contributed by atoms with Crippen LogP contribution in [-0.2, 0) is 5.88 Å². The number of aromatic nitrogens is 2. The van der Waals surface area contributed by atoms with Crippen molar-refractivity contribution in [2.24, 2.45) is 0 Å². The van der Waals surface area contributed by atoms with E-state index in [9.17, 15) is 0 Å². The van der Waals surface area contributed by atoms with Crippen LogP contribution in [0.3, 0.4) is 0 Å². The van der Waals surface area contributed by atoms with Crippen LogP contribution in [0.5, 0.6) is 0 Å². The Bertz CT molecular complexity index is 796. The molecule has 3 rings (SSSR count). The molecule has 0 radical (unpaired) electrons. The maximum atomic E-state index is 6.05. The normalized spacial score (nSPS) is 11.2. The molecular weight excluding hydrogens is 359 g/mol. The summed E-state index contributed by atoms with van der Waals surface area (Å²) >= 11 is 15.7. The van der Waals surface area contributed by atoms with Crippen molar-refractivity contribution in [2.75, 3.05) is 0 Å². The number of alkyl halides is 1. The van der Waals surface area contributed by atoms with Crippen molar-refractivity contribution < 1.29 is 0 Å². The highest BCUT2D eigenvalue weighted by atomic mass is 79.9. The number of imidazole rings is 1. The first kappa shape index (κ1) is 13.9. The zero-order valence-electron chi connectivity index (χ0n) is 10.7. The molecular formula is C15H11BrCl2N2. The molecule has 0 saturated heterocycles. The van der Waals surface area contributed by atoms with E-state index in [0.717, 1.165) is 27.0 Å². The van der Waals surface area contributed by atoms with Crippen LogP contribution in [0.1, 0.15) is 11.4 Å². The third kappa shape index (κ3) is 2.34. The number of hydrogen-bond donors (Lipinski definition) is 0. The van der Waals surface area contributed by atoms with Crippen molar-refractivity contribution in [1.82, 2.24) is 9.55 Å². The van der Waals surface area contributed by atoms with Gasteiger partial charge in [0.25, 0.3) is 0 Å². The van der Waals surface area contributed by atoms with Gasteiger partial charge in [0.1, 0.15) is 5.82 Å². The molecule has 1 heterocycles. The number of fused-ring (bicyclic) bond motifs is 1. The monoisotopic (exact) mass is 368 g/mol. The molecule has 0 fully saturated rings. The van der Waals surface area contributed by atoms with E-state index in [-0.39, 0.29) is 0 Å². The largest absolute Gasteiger partial charge is 0.294 e. The number of halogens is 3. The van der Waals surface area contributed by atoms with Gasteiger partial charge in [-0.25, -0.2) is 4.98 Å². The average molecular weight is 370 g/mol. The minimum atomic E-state index is 0.340. The Morgan fingerprint density at radius 2 is 2.00 bits per heavy atom. The van der Waals surface area contributed by atoms with Crippen LogP contribution in [-0.4, -0.2) is 9.55 Å². The third-order valence-electron chi connectivity index (χ3n) is 3.15. The summed E-state index contributed by atoms with van der Waals surface area (Å²) < 4.78 is 3.07. The number of nitrogens with zero attached hydrogens (tertiary/aromatic N) is 2. The Morgan fingerprint density at radius 1 is 1.20 bits per heavy atom. The van der Waals surface area contributed by atoms with E-state index in [0.29, 0.717) is 10.9 Å². The second-order valence-electron chi connectivity index (χ2n) is 4.58. The van der Waals surface area contributed by atoms with Gasteiger partial charge in [-0.05, 0) is 58.7 Å². The van der Waals surface area contributed by atoms with E-state index in [1.807, 2.05) is 24.3 Å². The summed E-state index contributed by atoms with van der Waals surface area (Å²) in [7, 11) is 0. The SMILES string of the molecule is Cc1ccc(Br)c(-n2c(CCl)nc3cc(Cl)ccc32)c1. The van der Waals surface area contributed by atoms with Crippen molar-refractivity contribution in [3.8, 4) is 5.69 Å². The lowest BCUT2D eigenvalue weighted by atomic mass is 10.2. The van der Waals surface area contributed by atoms with Crippen LogP contribution in [0, 0.1) is 6.92 Å². The fourth-order valence-corrected chi connectivity index (χ4v) is 3.03. The van der Waals surface area contributed by atoms with Gasteiger partial charge in [-0.3, -0.25) is 4.57 Å². The maximum Gasteiger partial charge on any atom is 0.129 e. The average Bonchev–Trinajstić information content (AvgIpc) is 2.78. The number of rotatable bonds is 2. The smallest absolute Gasteiger partial charge is 0.129 e. The predicted octanol–water partition coefficient (Wildman–Crippen LogP) is 5.49. The fraction of sp³-hybridized carbons (Fsp3) is 0.133. The third-order valence-corrected chi connectivity index (χ3v) is 4.29. The molecule has 0 spiro atoms. The van der Waals surface area contributed by atoms with Crippen molar-refractivity contribution >= 4 is 50.2 Å². The Kier molecular flexibility index (Phi) is 3.76. The molecule has 0 unspecified atom stereocenters. The van der Waals surface area contributed by atoms with Crippen LogP contribution in [0.2, 0.25) is 5.02 Å². The minimum absolute atomic E-state index is 0.340. The van der Waals surface area contributed by atoms with Crippen molar-refractivity contribution in [1.29, 1.82) is 0 Å². The van der Waals surface area contributed by atoms with Gasteiger partial charge in [0.15, 0.2) is 0 Å². The van der Waals surface area contributed by atoms with E-state index in [1.165, 1.54) is 5.56 Å². The molecule has 0 saturated carbocycles.